The molecule has 2 nitrogen and oxygen atoms in total. The highest BCUT2D eigenvalue weighted by Gasteiger charge is 2.17. The number of carbonyl (C=O) groups excluding carboxylic acids is 1. The van der Waals surface area contributed by atoms with Gasteiger partial charge >= 0.3 is 6.61 Å². The second-order valence-electron chi connectivity index (χ2n) is 3.43. The summed E-state index contributed by atoms with van der Waals surface area (Å²) in [4.78, 5) is 10.8. The van der Waals surface area contributed by atoms with Crippen LogP contribution in [0.1, 0.15) is 24.5 Å². The summed E-state index contributed by atoms with van der Waals surface area (Å²) in [7, 11) is 0. The highest BCUT2D eigenvalue weighted by atomic mass is 19.3. The largest absolute Gasteiger partial charge is 0.434 e. The van der Waals surface area contributed by atoms with Gasteiger partial charge in [0.15, 0.2) is 0 Å². The van der Waals surface area contributed by atoms with Crippen molar-refractivity contribution in [1.29, 1.82) is 0 Å². The van der Waals surface area contributed by atoms with Crippen molar-refractivity contribution < 1.29 is 27.1 Å². The fourth-order valence-electron chi connectivity index (χ4n) is 1.35. The van der Waals surface area contributed by atoms with Crippen LogP contribution in [-0.2, 0) is 11.2 Å². The standard InChI is InChI=1S/C11H10F4O2/c1-6(16)4-7-2-3-8(10(12)13)9(5-7)17-11(14)15/h2-3,5,10-11H,4H2,1H3. The molecule has 0 amide bonds. The number of benzene rings is 1. The van der Waals surface area contributed by atoms with E-state index in [4.69, 9.17) is 0 Å². The highest BCUT2D eigenvalue weighted by Crippen LogP contribution is 2.31. The second-order valence-corrected chi connectivity index (χ2v) is 3.43. The molecule has 1 rings (SSSR count). The molecule has 0 aliphatic heterocycles. The molecule has 6 heteroatoms. The molecule has 0 bridgehead atoms. The highest BCUT2D eigenvalue weighted by molar-refractivity contribution is 5.78. The van der Waals surface area contributed by atoms with Crippen molar-refractivity contribution in [2.75, 3.05) is 0 Å². The minimum Gasteiger partial charge on any atom is -0.434 e. The van der Waals surface area contributed by atoms with Crippen molar-refractivity contribution in [2.24, 2.45) is 0 Å². The summed E-state index contributed by atoms with van der Waals surface area (Å²) in [5, 5.41) is 0. The molecular weight excluding hydrogens is 240 g/mol. The van der Waals surface area contributed by atoms with Gasteiger partial charge in [0.25, 0.3) is 6.43 Å². The van der Waals surface area contributed by atoms with Crippen molar-refractivity contribution in [3.8, 4) is 5.75 Å². The van der Waals surface area contributed by atoms with Gasteiger partial charge in [-0.15, -0.1) is 0 Å². The number of hydrogen-bond donors (Lipinski definition) is 0. The van der Waals surface area contributed by atoms with Crippen molar-refractivity contribution in [3.63, 3.8) is 0 Å². The predicted octanol–water partition coefficient (Wildman–Crippen LogP) is 3.36. The molecule has 0 radical (unpaired) electrons. The first-order valence-electron chi connectivity index (χ1n) is 4.75. The Morgan fingerprint density at radius 1 is 1.29 bits per heavy atom. The maximum Gasteiger partial charge on any atom is 0.387 e. The maximum atomic E-state index is 12.5. The molecule has 0 aliphatic carbocycles. The van der Waals surface area contributed by atoms with Crippen LogP contribution in [0.2, 0.25) is 0 Å². The van der Waals surface area contributed by atoms with Crippen LogP contribution in [0.3, 0.4) is 0 Å². The smallest absolute Gasteiger partial charge is 0.387 e. The third kappa shape index (κ3) is 4.05. The maximum absolute atomic E-state index is 12.5. The Balaban J connectivity index is 3.05. The van der Waals surface area contributed by atoms with Crippen LogP contribution in [0.15, 0.2) is 18.2 Å². The van der Waals surface area contributed by atoms with Gasteiger partial charge in [-0.1, -0.05) is 6.07 Å². The molecule has 0 atom stereocenters. The third-order valence-corrected chi connectivity index (χ3v) is 1.98. The minimum atomic E-state index is -3.18. The van der Waals surface area contributed by atoms with Crippen molar-refractivity contribution in [3.05, 3.63) is 29.3 Å². The Labute approximate surface area is 95.2 Å². The van der Waals surface area contributed by atoms with E-state index in [1.54, 1.807) is 0 Å². The molecule has 0 unspecified atom stereocenters. The molecule has 0 aliphatic rings. The number of ether oxygens (including phenoxy) is 1. The van der Waals surface area contributed by atoms with E-state index in [0.717, 1.165) is 12.1 Å². The zero-order valence-corrected chi connectivity index (χ0v) is 8.92. The van der Waals surface area contributed by atoms with Crippen LogP contribution < -0.4 is 4.74 Å². The van der Waals surface area contributed by atoms with Gasteiger partial charge in [0.1, 0.15) is 11.5 Å². The molecule has 0 saturated carbocycles. The molecule has 1 aromatic rings. The SMILES string of the molecule is CC(=O)Cc1ccc(C(F)F)c(OC(F)F)c1. The molecule has 17 heavy (non-hydrogen) atoms. The number of alkyl halides is 4. The number of ketones is 1. The Hall–Kier alpha value is -1.59. The zero-order chi connectivity index (χ0) is 13.0. The molecule has 94 valence electrons. The van der Waals surface area contributed by atoms with E-state index in [2.05, 4.69) is 4.74 Å². The van der Waals surface area contributed by atoms with Crippen LogP contribution in [0, 0.1) is 0 Å². The van der Waals surface area contributed by atoms with E-state index >= 15 is 0 Å². The van der Waals surface area contributed by atoms with Gasteiger partial charge in [0.2, 0.25) is 0 Å². The number of halogens is 4. The summed E-state index contributed by atoms with van der Waals surface area (Å²) in [5.41, 5.74) is -0.254. The Kier molecular flexibility index (Phi) is 4.48. The van der Waals surface area contributed by atoms with Crippen molar-refractivity contribution in [1.82, 2.24) is 0 Å². The fourth-order valence-corrected chi connectivity index (χ4v) is 1.35. The lowest BCUT2D eigenvalue weighted by Gasteiger charge is -2.11. The minimum absolute atomic E-state index is 0.0108. The van der Waals surface area contributed by atoms with Gasteiger partial charge in [0, 0.05) is 6.42 Å². The number of hydrogen-bond acceptors (Lipinski definition) is 2. The van der Waals surface area contributed by atoms with E-state index in [0.29, 0.717) is 5.56 Å². The summed E-state index contributed by atoms with van der Waals surface area (Å²) in [6.45, 7) is -1.87. The summed E-state index contributed by atoms with van der Waals surface area (Å²) < 4.78 is 53.0. The molecule has 0 spiro atoms. The summed E-state index contributed by atoms with van der Waals surface area (Å²) in [6, 6.07) is 3.32. The Morgan fingerprint density at radius 3 is 2.41 bits per heavy atom. The average Bonchev–Trinajstić information content (AvgIpc) is 2.15. The van der Waals surface area contributed by atoms with Gasteiger partial charge in [0.05, 0.1) is 5.56 Å². The fraction of sp³-hybridized carbons (Fsp3) is 0.364. The third-order valence-electron chi connectivity index (χ3n) is 1.98. The van der Waals surface area contributed by atoms with Crippen molar-refractivity contribution >= 4 is 5.78 Å². The van der Waals surface area contributed by atoms with Crippen LogP contribution in [-0.4, -0.2) is 12.4 Å². The Morgan fingerprint density at radius 2 is 1.94 bits per heavy atom. The van der Waals surface area contributed by atoms with Gasteiger partial charge in [-0.2, -0.15) is 8.78 Å². The molecule has 0 fully saturated rings. The quantitative estimate of drug-likeness (QED) is 0.749. The summed E-state index contributed by atoms with van der Waals surface area (Å²) in [6.07, 6.45) is -2.92. The molecule has 0 saturated heterocycles. The number of Topliss-reactive ketones (excluding diaryl/α,β-unsaturated/α-hetero) is 1. The van der Waals surface area contributed by atoms with Gasteiger partial charge < -0.3 is 4.74 Å². The molecule has 1 aromatic carbocycles. The molecule has 0 aromatic heterocycles. The number of carbonyl (C=O) groups is 1. The van der Waals surface area contributed by atoms with Crippen molar-refractivity contribution in [2.45, 2.75) is 26.4 Å². The van der Waals surface area contributed by atoms with Crippen LogP contribution in [0.25, 0.3) is 0 Å². The normalized spacial score (nSPS) is 11.0. The van der Waals surface area contributed by atoms with Crippen LogP contribution >= 0.6 is 0 Å². The van der Waals surface area contributed by atoms with Crippen LogP contribution in [0.4, 0.5) is 17.6 Å². The van der Waals surface area contributed by atoms with Gasteiger partial charge in [-0.25, -0.2) is 8.78 Å². The summed E-state index contributed by atoms with van der Waals surface area (Å²) in [5.74, 6) is -0.786. The van der Waals surface area contributed by atoms with Gasteiger partial charge in [-0.05, 0) is 24.6 Å². The predicted molar refractivity (Wildman–Crippen MR) is 52.4 cm³/mol. The first kappa shape index (κ1) is 13.5. The lowest BCUT2D eigenvalue weighted by atomic mass is 10.1. The van der Waals surface area contributed by atoms with Gasteiger partial charge in [-0.3, -0.25) is 4.79 Å². The lowest BCUT2D eigenvalue weighted by molar-refractivity contribution is -0.116. The zero-order valence-electron chi connectivity index (χ0n) is 8.92. The lowest BCUT2D eigenvalue weighted by Crippen LogP contribution is -2.06. The molecular formula is C11H10F4O2. The van der Waals surface area contributed by atoms with E-state index in [1.165, 1.54) is 13.0 Å². The molecule has 0 heterocycles. The first-order chi connectivity index (χ1) is 7.90. The van der Waals surface area contributed by atoms with E-state index in [9.17, 15) is 22.4 Å². The summed E-state index contributed by atoms with van der Waals surface area (Å²) >= 11 is 0. The Bertz CT molecular complexity index is 404. The second kappa shape index (κ2) is 5.65. The monoisotopic (exact) mass is 250 g/mol. The first-order valence-corrected chi connectivity index (χ1v) is 4.75. The van der Waals surface area contributed by atoms with E-state index < -0.39 is 24.3 Å². The molecule has 0 N–H and O–H groups in total. The van der Waals surface area contributed by atoms with E-state index in [1.807, 2.05) is 0 Å². The average molecular weight is 250 g/mol. The van der Waals surface area contributed by atoms with Crippen LogP contribution in [0.5, 0.6) is 5.75 Å². The van der Waals surface area contributed by atoms with E-state index in [-0.39, 0.29) is 12.2 Å². The number of rotatable bonds is 5. The topological polar surface area (TPSA) is 26.3 Å².